The van der Waals surface area contributed by atoms with E-state index in [2.05, 4.69) is 11.2 Å². The summed E-state index contributed by atoms with van der Waals surface area (Å²) in [5, 5.41) is 4.30. The van der Waals surface area contributed by atoms with E-state index < -0.39 is 0 Å². The number of aryl methyl sites for hydroxylation is 2. The Bertz CT molecular complexity index is 780. The first-order valence-corrected chi connectivity index (χ1v) is 7.89. The maximum atomic E-state index is 12.6. The molecule has 3 nitrogen and oxygen atoms in total. The third-order valence-electron chi connectivity index (χ3n) is 3.84. The molecule has 1 aliphatic carbocycles. The van der Waals surface area contributed by atoms with E-state index in [1.54, 1.807) is 22.2 Å². The fourth-order valence-corrected chi connectivity index (χ4v) is 3.96. The number of benzene rings is 1. The SMILES string of the molecule is O=C(c1cnn(-c2ccccc2)c1)c1cc2c(s1)CCC2. The third-order valence-corrected chi connectivity index (χ3v) is 5.07. The number of rotatable bonds is 3. The van der Waals surface area contributed by atoms with Crippen molar-refractivity contribution in [3.8, 4) is 5.69 Å². The van der Waals surface area contributed by atoms with E-state index in [0.717, 1.165) is 23.4 Å². The van der Waals surface area contributed by atoms with E-state index in [1.807, 2.05) is 36.5 Å². The lowest BCUT2D eigenvalue weighted by atomic mass is 10.1. The standard InChI is InChI=1S/C17H14N2OS/c20-17(16-9-12-5-4-8-15(12)21-16)13-10-18-19(11-13)14-6-2-1-3-7-14/h1-3,6-7,9-11H,4-5,8H2. The molecule has 0 spiro atoms. The molecule has 4 rings (SSSR count). The number of hydrogen-bond acceptors (Lipinski definition) is 3. The highest BCUT2D eigenvalue weighted by Gasteiger charge is 2.20. The number of fused-ring (bicyclic) bond motifs is 1. The quantitative estimate of drug-likeness (QED) is 0.691. The van der Waals surface area contributed by atoms with Gasteiger partial charge in [-0.15, -0.1) is 11.3 Å². The number of thiophene rings is 1. The molecule has 21 heavy (non-hydrogen) atoms. The Labute approximate surface area is 126 Å². The molecule has 0 N–H and O–H groups in total. The molecular formula is C17H14N2OS. The molecule has 0 aliphatic heterocycles. The van der Waals surface area contributed by atoms with Gasteiger partial charge in [-0.3, -0.25) is 4.79 Å². The van der Waals surface area contributed by atoms with Crippen molar-refractivity contribution < 1.29 is 4.79 Å². The van der Waals surface area contributed by atoms with Gasteiger partial charge in [0.15, 0.2) is 0 Å². The molecule has 0 saturated carbocycles. The monoisotopic (exact) mass is 294 g/mol. The van der Waals surface area contributed by atoms with Gasteiger partial charge in [-0.05, 0) is 43.0 Å². The van der Waals surface area contributed by atoms with Crippen molar-refractivity contribution in [2.45, 2.75) is 19.3 Å². The van der Waals surface area contributed by atoms with Gasteiger partial charge in [-0.1, -0.05) is 18.2 Å². The fraction of sp³-hybridized carbons (Fsp3) is 0.176. The summed E-state index contributed by atoms with van der Waals surface area (Å²) < 4.78 is 1.74. The lowest BCUT2D eigenvalue weighted by Gasteiger charge is -1.98. The zero-order valence-corrected chi connectivity index (χ0v) is 12.3. The average Bonchev–Trinajstić information content (AvgIpc) is 3.22. The van der Waals surface area contributed by atoms with Crippen molar-refractivity contribution in [2.75, 3.05) is 0 Å². The molecular weight excluding hydrogens is 280 g/mol. The molecule has 2 aromatic heterocycles. The van der Waals surface area contributed by atoms with Crippen LogP contribution in [0.1, 0.15) is 32.1 Å². The number of carbonyl (C=O) groups excluding carboxylic acids is 1. The Morgan fingerprint density at radius 3 is 2.86 bits per heavy atom. The van der Waals surface area contributed by atoms with E-state index >= 15 is 0 Å². The van der Waals surface area contributed by atoms with Crippen molar-refractivity contribution in [2.24, 2.45) is 0 Å². The number of hydrogen-bond donors (Lipinski definition) is 0. The van der Waals surface area contributed by atoms with E-state index in [-0.39, 0.29) is 5.78 Å². The molecule has 0 bridgehead atoms. The molecule has 1 aromatic carbocycles. The number of para-hydroxylation sites is 1. The maximum absolute atomic E-state index is 12.6. The predicted molar refractivity (Wildman–Crippen MR) is 83.3 cm³/mol. The van der Waals surface area contributed by atoms with Crippen LogP contribution in [0.2, 0.25) is 0 Å². The van der Waals surface area contributed by atoms with Crippen LogP contribution >= 0.6 is 11.3 Å². The van der Waals surface area contributed by atoms with E-state index in [0.29, 0.717) is 5.56 Å². The number of carbonyl (C=O) groups is 1. The molecule has 104 valence electrons. The Hall–Kier alpha value is -2.20. The first kappa shape index (κ1) is 12.5. The van der Waals surface area contributed by atoms with Gasteiger partial charge in [-0.2, -0.15) is 5.10 Å². The molecule has 4 heteroatoms. The topological polar surface area (TPSA) is 34.9 Å². The summed E-state index contributed by atoms with van der Waals surface area (Å²) in [6.07, 6.45) is 6.92. The molecule has 0 amide bonds. The molecule has 0 saturated heterocycles. The third kappa shape index (κ3) is 2.21. The zero-order valence-electron chi connectivity index (χ0n) is 11.5. The Kier molecular flexibility index (Phi) is 2.97. The summed E-state index contributed by atoms with van der Waals surface area (Å²) in [5.41, 5.74) is 2.97. The van der Waals surface area contributed by atoms with E-state index in [4.69, 9.17) is 0 Å². The molecule has 2 heterocycles. The zero-order chi connectivity index (χ0) is 14.2. The van der Waals surface area contributed by atoms with Crippen LogP contribution in [-0.2, 0) is 12.8 Å². The van der Waals surface area contributed by atoms with Crippen molar-refractivity contribution in [1.29, 1.82) is 0 Å². The van der Waals surface area contributed by atoms with Gasteiger partial charge in [0.2, 0.25) is 5.78 Å². The van der Waals surface area contributed by atoms with Gasteiger partial charge in [0, 0.05) is 11.1 Å². The highest BCUT2D eigenvalue weighted by molar-refractivity contribution is 7.14. The molecule has 0 unspecified atom stereocenters. The lowest BCUT2D eigenvalue weighted by Crippen LogP contribution is -1.97. The van der Waals surface area contributed by atoms with Crippen molar-refractivity contribution >= 4 is 17.1 Å². The Morgan fingerprint density at radius 1 is 1.19 bits per heavy atom. The summed E-state index contributed by atoms with van der Waals surface area (Å²) in [4.78, 5) is 14.8. The van der Waals surface area contributed by atoms with Crippen LogP contribution in [0.5, 0.6) is 0 Å². The second-order valence-electron chi connectivity index (χ2n) is 5.25. The minimum Gasteiger partial charge on any atom is -0.288 e. The maximum Gasteiger partial charge on any atom is 0.206 e. The highest BCUT2D eigenvalue weighted by Crippen LogP contribution is 2.31. The Morgan fingerprint density at radius 2 is 2.05 bits per heavy atom. The second kappa shape index (κ2) is 4.97. The largest absolute Gasteiger partial charge is 0.288 e. The molecule has 0 atom stereocenters. The minimum atomic E-state index is 0.0802. The normalized spacial score (nSPS) is 13.3. The van der Waals surface area contributed by atoms with Gasteiger partial charge >= 0.3 is 0 Å². The molecule has 3 aromatic rings. The smallest absolute Gasteiger partial charge is 0.206 e. The van der Waals surface area contributed by atoms with Gasteiger partial charge in [0.1, 0.15) is 0 Å². The van der Waals surface area contributed by atoms with Crippen LogP contribution in [0.4, 0.5) is 0 Å². The van der Waals surface area contributed by atoms with Crippen molar-refractivity contribution in [1.82, 2.24) is 9.78 Å². The van der Waals surface area contributed by atoms with Crippen LogP contribution in [-0.4, -0.2) is 15.6 Å². The second-order valence-corrected chi connectivity index (χ2v) is 6.39. The average molecular weight is 294 g/mol. The van der Waals surface area contributed by atoms with Gasteiger partial charge in [0.05, 0.1) is 22.3 Å². The highest BCUT2D eigenvalue weighted by atomic mass is 32.1. The van der Waals surface area contributed by atoms with Crippen LogP contribution in [0.3, 0.4) is 0 Å². The summed E-state index contributed by atoms with van der Waals surface area (Å²) >= 11 is 1.64. The summed E-state index contributed by atoms with van der Waals surface area (Å²) in [5.74, 6) is 0.0802. The predicted octanol–water partition coefficient (Wildman–Crippen LogP) is 3.65. The first-order valence-electron chi connectivity index (χ1n) is 7.07. The van der Waals surface area contributed by atoms with Crippen LogP contribution in [0.25, 0.3) is 5.69 Å². The fourth-order valence-electron chi connectivity index (χ4n) is 2.75. The minimum absolute atomic E-state index is 0.0802. The van der Waals surface area contributed by atoms with Crippen molar-refractivity contribution in [3.63, 3.8) is 0 Å². The van der Waals surface area contributed by atoms with Crippen LogP contribution in [0, 0.1) is 0 Å². The number of nitrogens with zero attached hydrogens (tertiary/aromatic N) is 2. The van der Waals surface area contributed by atoms with E-state index in [9.17, 15) is 4.79 Å². The van der Waals surface area contributed by atoms with Gasteiger partial charge < -0.3 is 0 Å². The lowest BCUT2D eigenvalue weighted by molar-refractivity contribution is 0.104. The van der Waals surface area contributed by atoms with Gasteiger partial charge in [0.25, 0.3) is 0 Å². The molecule has 0 fully saturated rings. The van der Waals surface area contributed by atoms with Crippen molar-refractivity contribution in [3.05, 3.63) is 69.7 Å². The van der Waals surface area contributed by atoms with E-state index in [1.165, 1.54) is 16.9 Å². The first-order chi connectivity index (χ1) is 10.3. The van der Waals surface area contributed by atoms with Crippen LogP contribution < -0.4 is 0 Å². The molecule has 0 radical (unpaired) electrons. The number of aromatic nitrogens is 2. The van der Waals surface area contributed by atoms with Crippen LogP contribution in [0.15, 0.2) is 48.8 Å². The molecule has 1 aliphatic rings. The summed E-state index contributed by atoms with van der Waals surface area (Å²) in [7, 11) is 0. The number of ketones is 1. The summed E-state index contributed by atoms with van der Waals surface area (Å²) in [6.45, 7) is 0. The Balaban J connectivity index is 1.64. The summed E-state index contributed by atoms with van der Waals surface area (Å²) in [6, 6.07) is 11.9. The van der Waals surface area contributed by atoms with Gasteiger partial charge in [-0.25, -0.2) is 4.68 Å².